The van der Waals surface area contributed by atoms with E-state index < -0.39 is 23.7 Å². The Labute approximate surface area is 111 Å². The largest absolute Gasteiger partial charge is 0.465 e. The molecule has 1 aromatic carbocycles. The summed E-state index contributed by atoms with van der Waals surface area (Å²) in [5.74, 6) is -2.76. The van der Waals surface area contributed by atoms with E-state index in [1.165, 1.54) is 18.2 Å². The van der Waals surface area contributed by atoms with Crippen molar-refractivity contribution in [1.29, 1.82) is 0 Å². The van der Waals surface area contributed by atoms with Crippen molar-refractivity contribution in [2.75, 3.05) is 13.2 Å². The minimum absolute atomic E-state index is 0.0649. The highest BCUT2D eigenvalue weighted by Gasteiger charge is 2.29. The molecule has 1 aromatic rings. The maximum absolute atomic E-state index is 13.1. The van der Waals surface area contributed by atoms with E-state index in [0.717, 1.165) is 0 Å². The molecule has 0 saturated carbocycles. The van der Waals surface area contributed by atoms with E-state index >= 15 is 0 Å². The SMILES string of the molecule is CCOC(=O)C(Cc1cccc(F)c1)C(=O)OCC. The lowest BCUT2D eigenvalue weighted by molar-refractivity contribution is -0.161. The third kappa shape index (κ3) is 4.69. The molecule has 0 N–H and O–H groups in total. The van der Waals surface area contributed by atoms with Crippen LogP contribution in [0.15, 0.2) is 24.3 Å². The number of rotatable bonds is 6. The summed E-state index contributed by atoms with van der Waals surface area (Å²) in [5.41, 5.74) is 0.547. The zero-order valence-corrected chi connectivity index (χ0v) is 11.0. The van der Waals surface area contributed by atoms with Gasteiger partial charge in [-0.05, 0) is 38.0 Å². The lowest BCUT2D eigenvalue weighted by atomic mass is 9.99. The Bertz CT molecular complexity index is 427. The number of carbonyl (C=O) groups excluding carboxylic acids is 2. The van der Waals surface area contributed by atoms with E-state index in [9.17, 15) is 14.0 Å². The third-order valence-corrected chi connectivity index (χ3v) is 2.47. The van der Waals surface area contributed by atoms with Gasteiger partial charge in [-0.25, -0.2) is 4.39 Å². The highest BCUT2D eigenvalue weighted by molar-refractivity contribution is 5.95. The van der Waals surface area contributed by atoms with Crippen molar-refractivity contribution in [2.45, 2.75) is 20.3 Å². The van der Waals surface area contributed by atoms with Gasteiger partial charge in [0.2, 0.25) is 0 Å². The molecule has 1 rings (SSSR count). The van der Waals surface area contributed by atoms with E-state index in [0.29, 0.717) is 5.56 Å². The van der Waals surface area contributed by atoms with Crippen LogP contribution in [0.3, 0.4) is 0 Å². The molecule has 0 saturated heterocycles. The highest BCUT2D eigenvalue weighted by atomic mass is 19.1. The van der Waals surface area contributed by atoms with Crippen molar-refractivity contribution >= 4 is 11.9 Å². The van der Waals surface area contributed by atoms with Crippen LogP contribution in [-0.4, -0.2) is 25.2 Å². The molecule has 0 aliphatic heterocycles. The van der Waals surface area contributed by atoms with Crippen molar-refractivity contribution in [3.05, 3.63) is 35.6 Å². The van der Waals surface area contributed by atoms with Gasteiger partial charge in [-0.2, -0.15) is 0 Å². The van der Waals surface area contributed by atoms with Crippen LogP contribution in [0.4, 0.5) is 4.39 Å². The minimum atomic E-state index is -1.05. The Kier molecular flexibility index (Phi) is 5.99. The highest BCUT2D eigenvalue weighted by Crippen LogP contribution is 2.14. The normalized spacial score (nSPS) is 10.3. The van der Waals surface area contributed by atoms with Gasteiger partial charge in [0.1, 0.15) is 5.82 Å². The zero-order chi connectivity index (χ0) is 14.3. The van der Waals surface area contributed by atoms with Crippen LogP contribution < -0.4 is 0 Å². The maximum atomic E-state index is 13.1. The Morgan fingerprint density at radius 3 is 2.21 bits per heavy atom. The van der Waals surface area contributed by atoms with Crippen molar-refractivity contribution in [2.24, 2.45) is 5.92 Å². The molecule has 0 amide bonds. The molecule has 0 spiro atoms. The number of esters is 2. The second-order valence-corrected chi connectivity index (χ2v) is 3.89. The van der Waals surface area contributed by atoms with Gasteiger partial charge in [-0.3, -0.25) is 9.59 Å². The smallest absolute Gasteiger partial charge is 0.320 e. The fraction of sp³-hybridized carbons (Fsp3) is 0.429. The molecule has 0 atom stereocenters. The average molecular weight is 268 g/mol. The van der Waals surface area contributed by atoms with Crippen LogP contribution in [-0.2, 0) is 25.5 Å². The molecule has 4 nitrogen and oxygen atoms in total. The van der Waals surface area contributed by atoms with Gasteiger partial charge in [0.05, 0.1) is 13.2 Å². The first-order chi connectivity index (χ1) is 9.08. The minimum Gasteiger partial charge on any atom is -0.465 e. The lowest BCUT2D eigenvalue weighted by Gasteiger charge is -2.14. The molecular formula is C14H17FO4. The molecule has 0 fully saturated rings. The fourth-order valence-electron chi connectivity index (χ4n) is 1.65. The summed E-state index contributed by atoms with van der Waals surface area (Å²) in [6, 6.07) is 5.76. The molecular weight excluding hydrogens is 251 g/mol. The second kappa shape index (κ2) is 7.51. The molecule has 0 bridgehead atoms. The van der Waals surface area contributed by atoms with Gasteiger partial charge in [0.15, 0.2) is 5.92 Å². The number of benzene rings is 1. The molecule has 0 radical (unpaired) electrons. The van der Waals surface area contributed by atoms with Crippen LogP contribution in [0, 0.1) is 11.7 Å². The van der Waals surface area contributed by atoms with Crippen LogP contribution in [0.25, 0.3) is 0 Å². The van der Waals surface area contributed by atoms with E-state index in [2.05, 4.69) is 0 Å². The quantitative estimate of drug-likeness (QED) is 0.585. The maximum Gasteiger partial charge on any atom is 0.320 e. The first-order valence-corrected chi connectivity index (χ1v) is 6.16. The molecule has 0 aromatic heterocycles. The predicted molar refractivity (Wildman–Crippen MR) is 66.9 cm³/mol. The van der Waals surface area contributed by atoms with Crippen LogP contribution in [0.2, 0.25) is 0 Å². The van der Waals surface area contributed by atoms with Gasteiger partial charge in [-0.1, -0.05) is 12.1 Å². The molecule has 0 aliphatic rings. The van der Waals surface area contributed by atoms with E-state index in [1.54, 1.807) is 19.9 Å². The molecule has 5 heteroatoms. The average Bonchev–Trinajstić information content (AvgIpc) is 2.36. The Morgan fingerprint density at radius 1 is 1.16 bits per heavy atom. The summed E-state index contributed by atoms with van der Waals surface area (Å²) < 4.78 is 22.8. The number of hydrogen-bond donors (Lipinski definition) is 0. The standard InChI is InChI=1S/C14H17FO4/c1-3-18-13(16)12(14(17)19-4-2)9-10-6-5-7-11(15)8-10/h5-8,12H,3-4,9H2,1-2H3. The summed E-state index contributed by atoms with van der Waals surface area (Å²) in [7, 11) is 0. The molecule has 0 heterocycles. The van der Waals surface area contributed by atoms with Gasteiger partial charge in [-0.15, -0.1) is 0 Å². The number of ether oxygens (including phenoxy) is 2. The summed E-state index contributed by atoms with van der Waals surface area (Å²) in [5, 5.41) is 0. The summed E-state index contributed by atoms with van der Waals surface area (Å²) in [6.45, 7) is 3.67. The number of carbonyl (C=O) groups is 2. The number of halogens is 1. The monoisotopic (exact) mass is 268 g/mol. The second-order valence-electron chi connectivity index (χ2n) is 3.89. The van der Waals surface area contributed by atoms with Gasteiger partial charge in [0.25, 0.3) is 0 Å². The van der Waals surface area contributed by atoms with E-state index in [1.807, 2.05) is 0 Å². The van der Waals surface area contributed by atoms with Crippen molar-refractivity contribution < 1.29 is 23.5 Å². The van der Waals surface area contributed by atoms with Gasteiger partial charge < -0.3 is 9.47 Å². The van der Waals surface area contributed by atoms with Crippen LogP contribution in [0.5, 0.6) is 0 Å². The molecule has 0 unspecified atom stereocenters. The Hall–Kier alpha value is -1.91. The fourth-order valence-corrected chi connectivity index (χ4v) is 1.65. The van der Waals surface area contributed by atoms with Crippen molar-refractivity contribution in [3.8, 4) is 0 Å². The van der Waals surface area contributed by atoms with Gasteiger partial charge >= 0.3 is 11.9 Å². The lowest BCUT2D eigenvalue weighted by Crippen LogP contribution is -2.30. The van der Waals surface area contributed by atoms with Crippen LogP contribution >= 0.6 is 0 Å². The topological polar surface area (TPSA) is 52.6 Å². The summed E-state index contributed by atoms with van der Waals surface area (Å²) >= 11 is 0. The van der Waals surface area contributed by atoms with Crippen molar-refractivity contribution in [3.63, 3.8) is 0 Å². The first kappa shape index (κ1) is 15.1. The Morgan fingerprint density at radius 2 is 1.74 bits per heavy atom. The van der Waals surface area contributed by atoms with Crippen molar-refractivity contribution in [1.82, 2.24) is 0 Å². The first-order valence-electron chi connectivity index (χ1n) is 6.16. The number of hydrogen-bond acceptors (Lipinski definition) is 4. The van der Waals surface area contributed by atoms with E-state index in [4.69, 9.17) is 9.47 Å². The van der Waals surface area contributed by atoms with Crippen LogP contribution in [0.1, 0.15) is 19.4 Å². The Balaban J connectivity index is 2.84. The molecule has 104 valence electrons. The predicted octanol–water partition coefficient (Wildman–Crippen LogP) is 2.11. The third-order valence-electron chi connectivity index (χ3n) is 2.47. The summed E-state index contributed by atoms with van der Waals surface area (Å²) in [4.78, 5) is 23.5. The van der Waals surface area contributed by atoms with E-state index in [-0.39, 0.29) is 19.6 Å². The molecule has 19 heavy (non-hydrogen) atoms. The molecule has 0 aliphatic carbocycles. The summed E-state index contributed by atoms with van der Waals surface area (Å²) in [6.07, 6.45) is 0.0649. The van der Waals surface area contributed by atoms with Gasteiger partial charge in [0, 0.05) is 0 Å². The zero-order valence-electron chi connectivity index (χ0n) is 11.0.